The van der Waals surface area contributed by atoms with Crippen LogP contribution in [-0.4, -0.2) is 19.9 Å². The van der Waals surface area contributed by atoms with E-state index in [2.05, 4.69) is 35.9 Å². The van der Waals surface area contributed by atoms with E-state index in [1.807, 2.05) is 0 Å². The Morgan fingerprint density at radius 1 is 0.783 bits per heavy atom. The molecule has 0 saturated carbocycles. The highest BCUT2D eigenvalue weighted by atomic mass is 79.9. The van der Waals surface area contributed by atoms with Crippen LogP contribution in [0.1, 0.15) is 17.2 Å². The van der Waals surface area contributed by atoms with Crippen LogP contribution in [0.3, 0.4) is 0 Å². The average molecular weight is 404 g/mol. The first-order chi connectivity index (χ1) is 10.5. The minimum Gasteiger partial charge on any atom is -0.326 e. The molecule has 2 aromatic heterocycles. The molecular formula is C11H8BrF6N5. The second kappa shape index (κ2) is 7.64. The predicted octanol–water partition coefficient (Wildman–Crippen LogP) is 3.21. The Bertz CT molecular complexity index is 611. The second-order valence-electron chi connectivity index (χ2n) is 3.84. The topological polar surface area (TPSA) is 77.6 Å². The van der Waals surface area contributed by atoms with Crippen molar-refractivity contribution in [2.75, 3.05) is 0 Å². The molecule has 2 N–H and O–H groups in total. The Balaban J connectivity index is 0.000000231. The van der Waals surface area contributed by atoms with Crippen LogP contribution >= 0.6 is 15.9 Å². The molecule has 126 valence electrons. The molecule has 0 unspecified atom stereocenters. The fourth-order valence-corrected chi connectivity index (χ4v) is 1.27. The molecule has 12 heteroatoms. The molecule has 2 aromatic rings. The molecule has 2 heterocycles. The third-order valence-corrected chi connectivity index (χ3v) is 2.48. The maximum atomic E-state index is 11.9. The first kappa shape index (κ1) is 19.2. The molecule has 5 nitrogen and oxygen atoms in total. The summed E-state index contributed by atoms with van der Waals surface area (Å²) in [5.41, 5.74) is 5.62. The van der Waals surface area contributed by atoms with Crippen LogP contribution in [0.4, 0.5) is 26.3 Å². The molecule has 0 aliphatic rings. The van der Waals surface area contributed by atoms with Crippen LogP contribution in [0.25, 0.3) is 0 Å². The quantitative estimate of drug-likeness (QED) is 0.739. The van der Waals surface area contributed by atoms with Crippen molar-refractivity contribution in [3.05, 3.63) is 46.5 Å². The van der Waals surface area contributed by atoms with Gasteiger partial charge >= 0.3 is 12.4 Å². The van der Waals surface area contributed by atoms with Crippen molar-refractivity contribution in [2.24, 2.45) is 5.73 Å². The van der Waals surface area contributed by atoms with Crippen LogP contribution in [0.5, 0.6) is 0 Å². The van der Waals surface area contributed by atoms with Gasteiger partial charge in [0.15, 0.2) is 0 Å². The van der Waals surface area contributed by atoms with Crippen LogP contribution < -0.4 is 5.73 Å². The summed E-state index contributed by atoms with van der Waals surface area (Å²) in [5.74, 6) is -2.26. The van der Waals surface area contributed by atoms with Crippen LogP contribution in [-0.2, 0) is 18.9 Å². The molecule has 23 heavy (non-hydrogen) atoms. The molecule has 0 atom stereocenters. The van der Waals surface area contributed by atoms with Crippen LogP contribution in [0, 0.1) is 0 Å². The Labute approximate surface area is 134 Å². The van der Waals surface area contributed by atoms with Crippen LogP contribution in [0.15, 0.2) is 29.3 Å². The number of aromatic nitrogens is 4. The second-order valence-corrected chi connectivity index (χ2v) is 4.76. The van der Waals surface area contributed by atoms with Gasteiger partial charge in [-0.1, -0.05) is 0 Å². The average Bonchev–Trinajstić information content (AvgIpc) is 2.46. The molecule has 0 aromatic carbocycles. The van der Waals surface area contributed by atoms with Gasteiger partial charge in [0.2, 0.25) is 11.6 Å². The van der Waals surface area contributed by atoms with Gasteiger partial charge in [0, 0.05) is 36.9 Å². The summed E-state index contributed by atoms with van der Waals surface area (Å²) in [5, 5.41) is 0. The standard InChI is InChI=1S/C6H6F3N3.C5H2BrF3N2/c7-6(8,9)5-11-2-4(1-10)3-12-5;6-3-1-10-4(11-2-3)5(7,8)9/h2-3H,1,10H2;1-2H. The summed E-state index contributed by atoms with van der Waals surface area (Å²) in [7, 11) is 0. The SMILES string of the molecule is FC(F)(F)c1ncc(Br)cn1.NCc1cnc(C(F)(F)F)nc1. The van der Waals surface area contributed by atoms with Gasteiger partial charge in [0.1, 0.15) is 0 Å². The fourth-order valence-electron chi connectivity index (χ4n) is 1.07. The number of halogens is 7. The molecule has 2 rings (SSSR count). The van der Waals surface area contributed by atoms with E-state index in [0.29, 0.717) is 10.0 Å². The number of hydrogen-bond donors (Lipinski definition) is 1. The Kier molecular flexibility index (Phi) is 6.38. The fraction of sp³-hybridized carbons (Fsp3) is 0.273. The van der Waals surface area contributed by atoms with Crippen molar-refractivity contribution in [1.29, 1.82) is 0 Å². The maximum Gasteiger partial charge on any atom is 0.451 e. The van der Waals surface area contributed by atoms with Crippen LogP contribution in [0.2, 0.25) is 0 Å². The van der Waals surface area contributed by atoms with Crippen molar-refractivity contribution in [3.8, 4) is 0 Å². The third-order valence-electron chi connectivity index (χ3n) is 2.07. The third kappa shape index (κ3) is 6.44. The molecule has 0 aliphatic heterocycles. The van der Waals surface area contributed by atoms with Gasteiger partial charge < -0.3 is 5.73 Å². The highest BCUT2D eigenvalue weighted by Crippen LogP contribution is 2.26. The van der Waals surface area contributed by atoms with Gasteiger partial charge in [-0.25, -0.2) is 19.9 Å². The van der Waals surface area contributed by atoms with Crippen molar-refractivity contribution in [3.63, 3.8) is 0 Å². The summed E-state index contributed by atoms with van der Waals surface area (Å²) in [4.78, 5) is 12.3. The lowest BCUT2D eigenvalue weighted by Gasteiger charge is -2.03. The molecule has 0 saturated heterocycles. The summed E-state index contributed by atoms with van der Waals surface area (Å²) in [6.07, 6.45) is -4.70. The molecule has 0 spiro atoms. The summed E-state index contributed by atoms with van der Waals surface area (Å²) in [6.45, 7) is 0.137. The molecule has 0 fully saturated rings. The molecular weight excluding hydrogens is 396 g/mol. The van der Waals surface area contributed by atoms with E-state index in [1.54, 1.807) is 0 Å². The molecule has 0 aliphatic carbocycles. The molecule has 0 bridgehead atoms. The van der Waals surface area contributed by atoms with Gasteiger partial charge in [-0.3, -0.25) is 0 Å². The number of hydrogen-bond acceptors (Lipinski definition) is 5. The normalized spacial score (nSPS) is 11.7. The van der Waals surface area contributed by atoms with Gasteiger partial charge in [-0.2, -0.15) is 26.3 Å². The van der Waals surface area contributed by atoms with Gasteiger partial charge in [0.25, 0.3) is 0 Å². The zero-order valence-corrected chi connectivity index (χ0v) is 12.6. The smallest absolute Gasteiger partial charge is 0.326 e. The molecule has 0 radical (unpaired) electrons. The van der Waals surface area contributed by atoms with Gasteiger partial charge in [-0.15, -0.1) is 0 Å². The Morgan fingerprint density at radius 2 is 1.13 bits per heavy atom. The monoisotopic (exact) mass is 403 g/mol. The largest absolute Gasteiger partial charge is 0.451 e. The van der Waals surface area contributed by atoms with Gasteiger partial charge in [-0.05, 0) is 15.9 Å². The van der Waals surface area contributed by atoms with E-state index in [1.165, 1.54) is 0 Å². The van der Waals surface area contributed by atoms with Crippen molar-refractivity contribution >= 4 is 15.9 Å². The highest BCUT2D eigenvalue weighted by Gasteiger charge is 2.34. The number of rotatable bonds is 1. The van der Waals surface area contributed by atoms with E-state index in [9.17, 15) is 26.3 Å². The zero-order valence-electron chi connectivity index (χ0n) is 11.0. The van der Waals surface area contributed by atoms with E-state index in [-0.39, 0.29) is 6.54 Å². The lowest BCUT2D eigenvalue weighted by Crippen LogP contribution is -2.11. The molecule has 0 amide bonds. The minimum absolute atomic E-state index is 0.137. The van der Waals surface area contributed by atoms with E-state index < -0.39 is 24.0 Å². The predicted molar refractivity (Wildman–Crippen MR) is 69.7 cm³/mol. The summed E-state index contributed by atoms with van der Waals surface area (Å²) in [6, 6.07) is 0. The van der Waals surface area contributed by atoms with Crippen molar-refractivity contribution in [2.45, 2.75) is 18.9 Å². The van der Waals surface area contributed by atoms with E-state index in [0.717, 1.165) is 24.8 Å². The first-order valence-electron chi connectivity index (χ1n) is 5.67. The lowest BCUT2D eigenvalue weighted by atomic mass is 10.3. The highest BCUT2D eigenvalue weighted by molar-refractivity contribution is 9.10. The van der Waals surface area contributed by atoms with Crippen molar-refractivity contribution in [1.82, 2.24) is 19.9 Å². The first-order valence-corrected chi connectivity index (χ1v) is 6.46. The minimum atomic E-state index is -4.48. The van der Waals surface area contributed by atoms with E-state index in [4.69, 9.17) is 5.73 Å². The van der Waals surface area contributed by atoms with Gasteiger partial charge in [0.05, 0.1) is 4.47 Å². The summed E-state index contributed by atoms with van der Waals surface area (Å²) >= 11 is 2.92. The maximum absolute atomic E-state index is 11.9. The zero-order chi connectivity index (χ0) is 17.7. The number of nitrogens with zero attached hydrogens (tertiary/aromatic N) is 4. The summed E-state index contributed by atoms with van der Waals surface area (Å²) < 4.78 is 71.4. The lowest BCUT2D eigenvalue weighted by molar-refractivity contribution is -0.145. The Hall–Kier alpha value is -1.82. The Morgan fingerprint density at radius 3 is 1.43 bits per heavy atom. The number of alkyl halides is 6. The van der Waals surface area contributed by atoms with Crippen molar-refractivity contribution < 1.29 is 26.3 Å². The number of nitrogens with two attached hydrogens (primary N) is 1. The van der Waals surface area contributed by atoms with E-state index >= 15 is 0 Å².